The summed E-state index contributed by atoms with van der Waals surface area (Å²) in [6.45, 7) is 6.91. The van der Waals surface area contributed by atoms with Crippen LogP contribution in [0.1, 0.15) is 19.5 Å². The summed E-state index contributed by atoms with van der Waals surface area (Å²) in [5.74, 6) is 0. The van der Waals surface area contributed by atoms with Gasteiger partial charge < -0.3 is 15.2 Å². The quantitative estimate of drug-likeness (QED) is 0.644. The van der Waals surface area contributed by atoms with E-state index in [1.54, 1.807) is 4.68 Å². The predicted molar refractivity (Wildman–Crippen MR) is 59.9 cm³/mol. The van der Waals surface area contributed by atoms with E-state index in [1.165, 1.54) is 0 Å². The van der Waals surface area contributed by atoms with E-state index in [-0.39, 0.29) is 0 Å². The average molecular weight is 228 g/mol. The smallest absolute Gasteiger partial charge is 0.0969 e. The Labute approximate surface area is 95.6 Å². The van der Waals surface area contributed by atoms with Crippen LogP contribution in [0.3, 0.4) is 0 Å². The second-order valence-electron chi connectivity index (χ2n) is 3.53. The first-order valence-electron chi connectivity index (χ1n) is 5.61. The van der Waals surface area contributed by atoms with E-state index in [1.807, 2.05) is 20.0 Å². The number of hydrogen-bond donors (Lipinski definition) is 2. The molecule has 1 atom stereocenters. The van der Waals surface area contributed by atoms with Crippen LogP contribution in [0.4, 0.5) is 0 Å². The van der Waals surface area contributed by atoms with Gasteiger partial charge in [-0.3, -0.25) is 0 Å². The van der Waals surface area contributed by atoms with Crippen molar-refractivity contribution in [2.75, 3.05) is 19.8 Å². The van der Waals surface area contributed by atoms with Gasteiger partial charge in [0.05, 0.1) is 24.9 Å². The maximum Gasteiger partial charge on any atom is 0.0969 e. The fourth-order valence-corrected chi connectivity index (χ4v) is 1.28. The van der Waals surface area contributed by atoms with Crippen molar-refractivity contribution in [1.82, 2.24) is 20.3 Å². The van der Waals surface area contributed by atoms with E-state index in [4.69, 9.17) is 4.74 Å². The number of rotatable bonds is 8. The Morgan fingerprint density at radius 1 is 1.56 bits per heavy atom. The van der Waals surface area contributed by atoms with Gasteiger partial charge in [0.2, 0.25) is 0 Å². The molecule has 0 aromatic carbocycles. The van der Waals surface area contributed by atoms with E-state index in [9.17, 15) is 5.11 Å². The molecule has 0 saturated carbocycles. The predicted octanol–water partition coefficient (Wildman–Crippen LogP) is -0.215. The molecule has 2 N–H and O–H groups in total. The van der Waals surface area contributed by atoms with Crippen LogP contribution in [0, 0.1) is 0 Å². The molecule has 0 fully saturated rings. The van der Waals surface area contributed by atoms with Crippen molar-refractivity contribution in [2.24, 2.45) is 0 Å². The van der Waals surface area contributed by atoms with Crippen molar-refractivity contribution in [3.63, 3.8) is 0 Å². The summed E-state index contributed by atoms with van der Waals surface area (Å²) in [5.41, 5.74) is 0.880. The zero-order valence-electron chi connectivity index (χ0n) is 9.89. The minimum absolute atomic E-state index is 0.332. The standard InChI is InChI=1S/C10H20N4O2/c1-3-11-5-9-6-14(13-12-9)7-10(15)8-16-4-2/h6,10-11,15H,3-5,7-8H2,1-2H3. The molecular weight excluding hydrogens is 208 g/mol. The van der Waals surface area contributed by atoms with Crippen LogP contribution in [-0.4, -0.2) is 46.0 Å². The first-order chi connectivity index (χ1) is 7.76. The van der Waals surface area contributed by atoms with Crippen molar-refractivity contribution in [3.05, 3.63) is 11.9 Å². The minimum atomic E-state index is -0.534. The first-order valence-corrected chi connectivity index (χ1v) is 5.61. The normalized spacial score (nSPS) is 12.9. The highest BCUT2D eigenvalue weighted by atomic mass is 16.5. The van der Waals surface area contributed by atoms with Crippen molar-refractivity contribution < 1.29 is 9.84 Å². The fourth-order valence-electron chi connectivity index (χ4n) is 1.28. The summed E-state index contributed by atoms with van der Waals surface area (Å²) >= 11 is 0. The van der Waals surface area contributed by atoms with Crippen LogP contribution in [0.5, 0.6) is 0 Å². The average Bonchev–Trinajstić information content (AvgIpc) is 2.71. The Bertz CT molecular complexity index is 290. The molecule has 6 nitrogen and oxygen atoms in total. The Morgan fingerprint density at radius 2 is 2.38 bits per heavy atom. The largest absolute Gasteiger partial charge is 0.389 e. The number of aromatic nitrogens is 3. The summed E-state index contributed by atoms with van der Waals surface area (Å²) in [6.07, 6.45) is 1.30. The van der Waals surface area contributed by atoms with Gasteiger partial charge in [0.1, 0.15) is 0 Å². The lowest BCUT2D eigenvalue weighted by molar-refractivity contribution is 0.0313. The Hall–Kier alpha value is -0.980. The summed E-state index contributed by atoms with van der Waals surface area (Å²) in [4.78, 5) is 0. The van der Waals surface area contributed by atoms with Crippen molar-refractivity contribution in [3.8, 4) is 0 Å². The lowest BCUT2D eigenvalue weighted by Gasteiger charge is -2.09. The van der Waals surface area contributed by atoms with Crippen molar-refractivity contribution in [1.29, 1.82) is 0 Å². The van der Waals surface area contributed by atoms with Crippen LogP contribution in [0.25, 0.3) is 0 Å². The van der Waals surface area contributed by atoms with Crippen LogP contribution in [-0.2, 0) is 17.8 Å². The van der Waals surface area contributed by atoms with Crippen LogP contribution < -0.4 is 5.32 Å². The van der Waals surface area contributed by atoms with Gasteiger partial charge in [-0.05, 0) is 13.5 Å². The number of hydrogen-bond acceptors (Lipinski definition) is 5. The fraction of sp³-hybridized carbons (Fsp3) is 0.800. The second-order valence-corrected chi connectivity index (χ2v) is 3.53. The molecule has 0 amide bonds. The van der Waals surface area contributed by atoms with Crippen molar-refractivity contribution in [2.45, 2.75) is 33.0 Å². The van der Waals surface area contributed by atoms with E-state index in [0.717, 1.165) is 12.2 Å². The summed E-state index contributed by atoms with van der Waals surface area (Å²) in [5, 5.41) is 20.7. The van der Waals surface area contributed by atoms with Gasteiger partial charge >= 0.3 is 0 Å². The summed E-state index contributed by atoms with van der Waals surface area (Å²) < 4.78 is 6.75. The van der Waals surface area contributed by atoms with Gasteiger partial charge in [-0.15, -0.1) is 5.10 Å². The topological polar surface area (TPSA) is 72.2 Å². The maximum atomic E-state index is 9.59. The molecule has 1 unspecified atom stereocenters. The lowest BCUT2D eigenvalue weighted by atomic mass is 10.4. The zero-order chi connectivity index (χ0) is 11.8. The van der Waals surface area contributed by atoms with E-state index in [2.05, 4.69) is 15.6 Å². The van der Waals surface area contributed by atoms with Gasteiger partial charge in [0, 0.05) is 19.3 Å². The minimum Gasteiger partial charge on any atom is -0.389 e. The highest BCUT2D eigenvalue weighted by molar-refractivity contribution is 4.91. The van der Waals surface area contributed by atoms with Crippen LogP contribution in [0.2, 0.25) is 0 Å². The van der Waals surface area contributed by atoms with Gasteiger partial charge in [-0.25, -0.2) is 4.68 Å². The molecule has 0 radical (unpaired) electrons. The highest BCUT2D eigenvalue weighted by Crippen LogP contribution is 1.96. The molecule has 92 valence electrons. The monoisotopic (exact) mass is 228 g/mol. The van der Waals surface area contributed by atoms with Gasteiger partial charge in [0.25, 0.3) is 0 Å². The number of ether oxygens (including phenoxy) is 1. The molecule has 0 saturated heterocycles. The molecule has 6 heteroatoms. The third kappa shape index (κ3) is 4.69. The van der Waals surface area contributed by atoms with Crippen molar-refractivity contribution >= 4 is 0 Å². The number of nitrogens with zero attached hydrogens (tertiary/aromatic N) is 3. The first kappa shape index (κ1) is 13.1. The second kappa shape index (κ2) is 7.32. The van der Waals surface area contributed by atoms with Gasteiger partial charge in [0.15, 0.2) is 0 Å². The van der Waals surface area contributed by atoms with E-state index >= 15 is 0 Å². The van der Waals surface area contributed by atoms with E-state index < -0.39 is 6.10 Å². The van der Waals surface area contributed by atoms with Crippen LogP contribution >= 0.6 is 0 Å². The Morgan fingerprint density at radius 3 is 3.06 bits per heavy atom. The number of aliphatic hydroxyl groups is 1. The molecule has 1 aromatic rings. The summed E-state index contributed by atoms with van der Waals surface area (Å²) in [7, 11) is 0. The molecule has 0 aliphatic rings. The maximum absolute atomic E-state index is 9.59. The van der Waals surface area contributed by atoms with Gasteiger partial charge in [-0.2, -0.15) is 0 Å². The molecule has 0 bridgehead atoms. The third-order valence-corrected chi connectivity index (χ3v) is 2.05. The zero-order valence-corrected chi connectivity index (χ0v) is 9.89. The third-order valence-electron chi connectivity index (χ3n) is 2.05. The lowest BCUT2D eigenvalue weighted by Crippen LogP contribution is -2.22. The molecular formula is C10H20N4O2. The SMILES string of the molecule is CCNCc1cn(CC(O)COCC)nn1. The molecule has 1 heterocycles. The molecule has 0 spiro atoms. The molecule has 0 aliphatic heterocycles. The Balaban J connectivity index is 2.33. The molecule has 1 aromatic heterocycles. The van der Waals surface area contributed by atoms with Crippen LogP contribution in [0.15, 0.2) is 6.20 Å². The summed E-state index contributed by atoms with van der Waals surface area (Å²) in [6, 6.07) is 0. The van der Waals surface area contributed by atoms with Gasteiger partial charge in [-0.1, -0.05) is 12.1 Å². The highest BCUT2D eigenvalue weighted by Gasteiger charge is 2.07. The molecule has 1 rings (SSSR count). The number of nitrogens with one attached hydrogen (secondary N) is 1. The molecule has 16 heavy (non-hydrogen) atoms. The van der Waals surface area contributed by atoms with E-state index in [0.29, 0.717) is 26.3 Å². The Kier molecular flexibility index (Phi) is 5.99. The number of aliphatic hydroxyl groups excluding tert-OH is 1. The molecule has 0 aliphatic carbocycles.